The fourth-order valence-corrected chi connectivity index (χ4v) is 5.36. The summed E-state index contributed by atoms with van der Waals surface area (Å²) in [5.74, 6) is -0.0257. The monoisotopic (exact) mass is 534 g/mol. The molecule has 0 radical (unpaired) electrons. The van der Waals surface area contributed by atoms with Crippen LogP contribution in [0.15, 0.2) is 78.4 Å². The second-order valence-electron chi connectivity index (χ2n) is 9.66. The van der Waals surface area contributed by atoms with E-state index in [0.717, 1.165) is 38.0 Å². The minimum atomic E-state index is -0.0257. The Balaban J connectivity index is 0.00000190. The van der Waals surface area contributed by atoms with Crippen molar-refractivity contribution in [3.63, 3.8) is 0 Å². The van der Waals surface area contributed by atoms with Gasteiger partial charge in [-0.1, -0.05) is 78.4 Å². The lowest BCUT2D eigenvalue weighted by Gasteiger charge is -2.30. The van der Waals surface area contributed by atoms with Crippen LogP contribution in [0.4, 0.5) is 5.69 Å². The molecule has 3 aromatic carbocycles. The molecule has 1 saturated heterocycles. The summed E-state index contributed by atoms with van der Waals surface area (Å²) in [6.45, 7) is 4.99. The first-order chi connectivity index (χ1) is 17.2. The number of carbonyl (C=O) groups is 1. The molecule has 1 aliphatic carbocycles. The van der Waals surface area contributed by atoms with Crippen LogP contribution < -0.4 is 5.32 Å². The second kappa shape index (κ2) is 13.6. The molecule has 0 aromatic heterocycles. The van der Waals surface area contributed by atoms with Crippen LogP contribution in [0.5, 0.6) is 0 Å². The number of piperidine rings is 1. The molecule has 0 atom stereocenters. The number of halogens is 2. The van der Waals surface area contributed by atoms with Crippen molar-refractivity contribution >= 4 is 54.1 Å². The number of rotatable bonds is 6. The normalized spacial score (nSPS) is 14.5. The smallest absolute Gasteiger partial charge is 0.221 e. The molecule has 194 valence electrons. The molecule has 1 heterocycles. The van der Waals surface area contributed by atoms with Gasteiger partial charge in [0, 0.05) is 25.7 Å². The van der Waals surface area contributed by atoms with Crippen LogP contribution in [0.2, 0.25) is 0 Å². The highest BCUT2D eigenvalue weighted by Gasteiger charge is 2.22. The predicted molar refractivity (Wildman–Crippen MR) is 162 cm³/mol. The Morgan fingerprint density at radius 2 is 1.35 bits per heavy atom. The molecule has 1 aliphatic heterocycles. The number of anilines is 1. The fourth-order valence-electron chi connectivity index (χ4n) is 5.36. The zero-order chi connectivity index (χ0) is 24.0. The van der Waals surface area contributed by atoms with Gasteiger partial charge in [0.25, 0.3) is 0 Å². The van der Waals surface area contributed by atoms with Crippen molar-refractivity contribution in [1.82, 2.24) is 4.90 Å². The topological polar surface area (TPSA) is 32.3 Å². The van der Waals surface area contributed by atoms with Gasteiger partial charge in [-0.15, -0.1) is 24.8 Å². The van der Waals surface area contributed by atoms with Crippen LogP contribution >= 0.6 is 24.8 Å². The van der Waals surface area contributed by atoms with Gasteiger partial charge in [0.2, 0.25) is 5.91 Å². The molecule has 3 aromatic rings. The van der Waals surface area contributed by atoms with Crippen LogP contribution in [-0.2, 0) is 11.2 Å². The van der Waals surface area contributed by atoms with Crippen molar-refractivity contribution in [1.29, 1.82) is 0 Å². The van der Waals surface area contributed by atoms with E-state index >= 15 is 0 Å². The number of hydrogen-bond acceptors (Lipinski definition) is 2. The highest BCUT2D eigenvalue weighted by atomic mass is 35.5. The number of amides is 1. The van der Waals surface area contributed by atoms with E-state index in [1.165, 1.54) is 52.8 Å². The van der Waals surface area contributed by atoms with Gasteiger partial charge in [0.15, 0.2) is 0 Å². The SMILES string of the molecule is CC(=O)Nc1ccc(CCCCN2CCC(=C3c4ccccc4C=Cc4ccccc43)CC2)cc1.Cl.Cl. The third-order valence-electron chi connectivity index (χ3n) is 7.18. The van der Waals surface area contributed by atoms with Gasteiger partial charge in [0.05, 0.1) is 0 Å². The van der Waals surface area contributed by atoms with E-state index in [0.29, 0.717) is 0 Å². The summed E-state index contributed by atoms with van der Waals surface area (Å²) in [6.07, 6.45) is 10.3. The van der Waals surface area contributed by atoms with Gasteiger partial charge in [-0.3, -0.25) is 4.79 Å². The van der Waals surface area contributed by atoms with Crippen LogP contribution in [0, 0.1) is 0 Å². The number of fused-ring (bicyclic) bond motifs is 2. The van der Waals surface area contributed by atoms with Gasteiger partial charge in [0.1, 0.15) is 0 Å². The molecule has 0 bridgehead atoms. The lowest BCUT2D eigenvalue weighted by molar-refractivity contribution is -0.114. The van der Waals surface area contributed by atoms with Gasteiger partial charge in [-0.25, -0.2) is 0 Å². The summed E-state index contributed by atoms with van der Waals surface area (Å²) >= 11 is 0. The standard InChI is InChI=1S/C32H34N2O.2ClH/c1-24(35)33-29-17-13-25(14-18-29)8-6-7-21-34-22-19-28(20-23-34)32-30-11-4-2-9-26(30)15-16-27-10-3-5-12-31(27)32;;/h2-5,9-18H,6-8,19-23H2,1H3,(H,33,35);2*1H. The van der Waals surface area contributed by atoms with Crippen LogP contribution in [0.1, 0.15) is 60.4 Å². The molecule has 1 N–H and O–H groups in total. The van der Waals surface area contributed by atoms with Gasteiger partial charge in [-0.2, -0.15) is 0 Å². The lowest BCUT2D eigenvalue weighted by Crippen LogP contribution is -2.32. The molecule has 1 fully saturated rings. The largest absolute Gasteiger partial charge is 0.326 e. The molecule has 2 aliphatic rings. The third-order valence-corrected chi connectivity index (χ3v) is 7.18. The van der Waals surface area contributed by atoms with E-state index in [9.17, 15) is 4.79 Å². The second-order valence-corrected chi connectivity index (χ2v) is 9.66. The lowest BCUT2D eigenvalue weighted by atomic mass is 9.86. The number of hydrogen-bond donors (Lipinski definition) is 1. The first-order valence-corrected chi connectivity index (χ1v) is 12.9. The quantitative estimate of drug-likeness (QED) is 0.255. The van der Waals surface area contributed by atoms with Crippen molar-refractivity contribution < 1.29 is 4.79 Å². The van der Waals surface area contributed by atoms with Crippen molar-refractivity contribution in [2.24, 2.45) is 0 Å². The molecular weight excluding hydrogens is 499 g/mol. The number of likely N-dealkylation sites (tertiary alicyclic amines) is 1. The number of benzene rings is 3. The Morgan fingerprint density at radius 1 is 0.784 bits per heavy atom. The van der Waals surface area contributed by atoms with Crippen LogP contribution in [0.25, 0.3) is 17.7 Å². The summed E-state index contributed by atoms with van der Waals surface area (Å²) < 4.78 is 0. The van der Waals surface area contributed by atoms with Gasteiger partial charge < -0.3 is 10.2 Å². The molecule has 1 amide bonds. The van der Waals surface area contributed by atoms with E-state index in [1.807, 2.05) is 12.1 Å². The molecule has 0 unspecified atom stereocenters. The Hall–Kier alpha value is -2.85. The Kier molecular flexibility index (Phi) is 10.6. The third kappa shape index (κ3) is 7.13. The first kappa shape index (κ1) is 28.7. The molecule has 0 saturated carbocycles. The zero-order valence-corrected chi connectivity index (χ0v) is 23.0. The number of nitrogens with zero attached hydrogens (tertiary/aromatic N) is 1. The Morgan fingerprint density at radius 3 is 1.92 bits per heavy atom. The molecule has 3 nitrogen and oxygen atoms in total. The van der Waals surface area contributed by atoms with Gasteiger partial charge in [-0.05, 0) is 84.2 Å². The zero-order valence-electron chi connectivity index (χ0n) is 21.4. The van der Waals surface area contributed by atoms with Crippen molar-refractivity contribution in [3.8, 4) is 0 Å². The number of aryl methyl sites for hydroxylation is 1. The van der Waals surface area contributed by atoms with Crippen LogP contribution in [0.3, 0.4) is 0 Å². The van der Waals surface area contributed by atoms with E-state index in [1.54, 1.807) is 12.5 Å². The maximum atomic E-state index is 11.2. The minimum Gasteiger partial charge on any atom is -0.326 e. The Labute approximate surface area is 233 Å². The molecule has 5 rings (SSSR count). The number of unbranched alkanes of at least 4 members (excludes halogenated alkanes) is 1. The van der Waals surface area contributed by atoms with E-state index < -0.39 is 0 Å². The minimum absolute atomic E-state index is 0. The number of carbonyl (C=O) groups excluding carboxylic acids is 1. The maximum absolute atomic E-state index is 11.2. The summed E-state index contributed by atoms with van der Waals surface area (Å²) in [5.41, 5.74) is 10.7. The van der Waals surface area contributed by atoms with Crippen molar-refractivity contribution in [3.05, 3.63) is 106 Å². The summed E-state index contributed by atoms with van der Waals surface area (Å²) in [6, 6.07) is 25.9. The summed E-state index contributed by atoms with van der Waals surface area (Å²) in [4.78, 5) is 13.8. The first-order valence-electron chi connectivity index (χ1n) is 12.9. The van der Waals surface area contributed by atoms with Crippen molar-refractivity contribution in [2.45, 2.75) is 39.0 Å². The summed E-state index contributed by atoms with van der Waals surface area (Å²) in [7, 11) is 0. The predicted octanol–water partition coefficient (Wildman–Crippen LogP) is 7.89. The van der Waals surface area contributed by atoms with E-state index in [4.69, 9.17) is 0 Å². The van der Waals surface area contributed by atoms with Crippen molar-refractivity contribution in [2.75, 3.05) is 25.0 Å². The summed E-state index contributed by atoms with van der Waals surface area (Å²) in [5, 5.41) is 2.83. The maximum Gasteiger partial charge on any atom is 0.221 e. The molecule has 37 heavy (non-hydrogen) atoms. The average Bonchev–Trinajstić information content (AvgIpc) is 3.05. The number of nitrogens with one attached hydrogen (secondary N) is 1. The molecule has 0 spiro atoms. The Bertz CT molecular complexity index is 1200. The average molecular weight is 536 g/mol. The molecular formula is C32H36Cl2N2O. The molecule has 5 heteroatoms. The highest BCUT2D eigenvalue weighted by molar-refractivity contribution is 5.95. The van der Waals surface area contributed by atoms with Crippen LogP contribution in [-0.4, -0.2) is 30.4 Å². The van der Waals surface area contributed by atoms with E-state index in [2.05, 4.69) is 83.0 Å². The fraction of sp³-hybridized carbons (Fsp3) is 0.281. The van der Waals surface area contributed by atoms with Gasteiger partial charge >= 0.3 is 0 Å². The highest BCUT2D eigenvalue weighted by Crippen LogP contribution is 2.38. The van der Waals surface area contributed by atoms with E-state index in [-0.39, 0.29) is 30.7 Å².